The number of amides is 2. The van der Waals surface area contributed by atoms with Crippen LogP contribution in [0.15, 0.2) is 18.2 Å². The molecule has 5 heteroatoms. The lowest BCUT2D eigenvalue weighted by Gasteiger charge is -2.08. The molecule has 5 nitrogen and oxygen atoms in total. The predicted octanol–water partition coefficient (Wildman–Crippen LogP) is 0.435. The lowest BCUT2D eigenvalue weighted by molar-refractivity contribution is -0.117. The van der Waals surface area contributed by atoms with E-state index in [1.807, 2.05) is 0 Å². The summed E-state index contributed by atoms with van der Waals surface area (Å²) in [5.74, 6) is 0.134. The van der Waals surface area contributed by atoms with E-state index in [1.54, 1.807) is 18.2 Å². The van der Waals surface area contributed by atoms with Crippen LogP contribution < -0.4 is 15.8 Å². The highest BCUT2D eigenvalue weighted by atomic mass is 16.5. The lowest BCUT2D eigenvalue weighted by Crippen LogP contribution is -2.14. The van der Waals surface area contributed by atoms with Gasteiger partial charge in [0, 0.05) is 0 Å². The standard InChI is InChI=1S/C11H12N2O3/c12-10(14)6-7-1-2-9-8(5-7)13-11(15)3-4-16-9/h1-2,5H,3-4,6H2,(H2,12,14)(H,13,15). The molecule has 1 aromatic rings. The summed E-state index contributed by atoms with van der Waals surface area (Å²) in [7, 11) is 0. The fourth-order valence-corrected chi connectivity index (χ4v) is 1.58. The van der Waals surface area contributed by atoms with Crippen molar-refractivity contribution in [2.45, 2.75) is 12.8 Å². The smallest absolute Gasteiger partial charge is 0.227 e. The van der Waals surface area contributed by atoms with E-state index in [4.69, 9.17) is 10.5 Å². The summed E-state index contributed by atoms with van der Waals surface area (Å²) < 4.78 is 5.38. The number of benzene rings is 1. The number of nitrogens with two attached hydrogens (primary N) is 1. The molecule has 0 spiro atoms. The highest BCUT2D eigenvalue weighted by molar-refractivity contribution is 5.93. The molecule has 1 aliphatic heterocycles. The van der Waals surface area contributed by atoms with Gasteiger partial charge in [-0.1, -0.05) is 6.07 Å². The molecular weight excluding hydrogens is 208 g/mol. The molecule has 0 fully saturated rings. The summed E-state index contributed by atoms with van der Waals surface area (Å²) in [6, 6.07) is 5.21. The maximum atomic E-state index is 11.3. The van der Waals surface area contributed by atoms with Crippen molar-refractivity contribution < 1.29 is 14.3 Å². The molecule has 0 aliphatic carbocycles. The van der Waals surface area contributed by atoms with E-state index in [1.165, 1.54) is 0 Å². The Morgan fingerprint density at radius 3 is 3.06 bits per heavy atom. The number of anilines is 1. The molecule has 0 unspecified atom stereocenters. The van der Waals surface area contributed by atoms with Gasteiger partial charge in [-0.2, -0.15) is 0 Å². The molecular formula is C11H12N2O3. The summed E-state index contributed by atoms with van der Waals surface area (Å²) in [6.07, 6.45) is 0.489. The molecule has 0 atom stereocenters. The van der Waals surface area contributed by atoms with Crippen LogP contribution in [-0.2, 0) is 16.0 Å². The Morgan fingerprint density at radius 1 is 1.50 bits per heavy atom. The second-order valence-electron chi connectivity index (χ2n) is 3.62. The molecule has 1 aliphatic rings. The first-order valence-corrected chi connectivity index (χ1v) is 4.99. The Kier molecular flexibility index (Phi) is 2.76. The molecule has 0 saturated carbocycles. The Labute approximate surface area is 92.6 Å². The van der Waals surface area contributed by atoms with E-state index >= 15 is 0 Å². The maximum Gasteiger partial charge on any atom is 0.227 e. The van der Waals surface area contributed by atoms with E-state index in [9.17, 15) is 9.59 Å². The molecule has 2 amide bonds. The molecule has 0 radical (unpaired) electrons. The third kappa shape index (κ3) is 2.31. The van der Waals surface area contributed by atoms with E-state index in [0.29, 0.717) is 24.5 Å². The minimum atomic E-state index is -0.402. The van der Waals surface area contributed by atoms with Crippen molar-refractivity contribution in [3.8, 4) is 5.75 Å². The average molecular weight is 220 g/mol. The summed E-state index contributed by atoms with van der Waals surface area (Å²) in [5.41, 5.74) is 6.46. The van der Waals surface area contributed by atoms with Crippen LogP contribution >= 0.6 is 0 Å². The summed E-state index contributed by atoms with van der Waals surface area (Å²) in [5, 5.41) is 2.72. The van der Waals surface area contributed by atoms with Gasteiger partial charge in [0.25, 0.3) is 0 Å². The van der Waals surface area contributed by atoms with Crippen LogP contribution in [0.1, 0.15) is 12.0 Å². The van der Waals surface area contributed by atoms with E-state index in [2.05, 4.69) is 5.32 Å². The zero-order valence-corrected chi connectivity index (χ0v) is 8.66. The van der Waals surface area contributed by atoms with Crippen LogP contribution in [0.2, 0.25) is 0 Å². The quantitative estimate of drug-likeness (QED) is 0.758. The topological polar surface area (TPSA) is 81.4 Å². The zero-order chi connectivity index (χ0) is 11.5. The van der Waals surface area contributed by atoms with Crippen LogP contribution in [0.5, 0.6) is 5.75 Å². The first kappa shape index (κ1) is 10.5. The van der Waals surface area contributed by atoms with Crippen LogP contribution in [-0.4, -0.2) is 18.4 Å². The number of rotatable bonds is 2. The van der Waals surface area contributed by atoms with Gasteiger partial charge in [0.05, 0.1) is 25.1 Å². The van der Waals surface area contributed by atoms with Crippen molar-refractivity contribution in [2.24, 2.45) is 5.73 Å². The number of fused-ring (bicyclic) bond motifs is 1. The average Bonchev–Trinajstić information content (AvgIpc) is 2.37. The van der Waals surface area contributed by atoms with Crippen LogP contribution in [0.3, 0.4) is 0 Å². The van der Waals surface area contributed by atoms with E-state index in [0.717, 1.165) is 5.56 Å². The second kappa shape index (κ2) is 4.22. The molecule has 1 heterocycles. The molecule has 16 heavy (non-hydrogen) atoms. The van der Waals surface area contributed by atoms with Crippen molar-refractivity contribution in [3.63, 3.8) is 0 Å². The first-order valence-electron chi connectivity index (χ1n) is 4.99. The fraction of sp³-hybridized carbons (Fsp3) is 0.273. The lowest BCUT2D eigenvalue weighted by atomic mass is 10.1. The number of nitrogens with one attached hydrogen (secondary N) is 1. The molecule has 1 aromatic carbocycles. The van der Waals surface area contributed by atoms with Crippen molar-refractivity contribution in [2.75, 3.05) is 11.9 Å². The van der Waals surface area contributed by atoms with Gasteiger partial charge in [0.2, 0.25) is 11.8 Å². The molecule has 3 N–H and O–H groups in total. The van der Waals surface area contributed by atoms with E-state index < -0.39 is 5.91 Å². The highest BCUT2D eigenvalue weighted by Crippen LogP contribution is 2.28. The normalized spacial score (nSPS) is 14.4. The summed E-state index contributed by atoms with van der Waals surface area (Å²) >= 11 is 0. The number of carbonyl (C=O) groups is 2. The maximum absolute atomic E-state index is 11.3. The predicted molar refractivity (Wildman–Crippen MR) is 58.1 cm³/mol. The van der Waals surface area contributed by atoms with Gasteiger partial charge in [-0.15, -0.1) is 0 Å². The van der Waals surface area contributed by atoms with Gasteiger partial charge < -0.3 is 15.8 Å². The molecule has 84 valence electrons. The first-order chi connectivity index (χ1) is 7.65. The number of hydrogen-bond donors (Lipinski definition) is 2. The number of ether oxygens (including phenoxy) is 1. The van der Waals surface area contributed by atoms with Crippen molar-refractivity contribution in [3.05, 3.63) is 23.8 Å². The van der Waals surface area contributed by atoms with Gasteiger partial charge in [-0.05, 0) is 17.7 Å². The van der Waals surface area contributed by atoms with Gasteiger partial charge >= 0.3 is 0 Å². The second-order valence-corrected chi connectivity index (χ2v) is 3.62. The number of primary amides is 1. The Morgan fingerprint density at radius 2 is 2.31 bits per heavy atom. The van der Waals surface area contributed by atoms with Crippen molar-refractivity contribution in [1.82, 2.24) is 0 Å². The summed E-state index contributed by atoms with van der Waals surface area (Å²) in [4.78, 5) is 22.1. The molecule has 0 aromatic heterocycles. The van der Waals surface area contributed by atoms with Crippen LogP contribution in [0.4, 0.5) is 5.69 Å². The van der Waals surface area contributed by atoms with Crippen LogP contribution in [0, 0.1) is 0 Å². The highest BCUT2D eigenvalue weighted by Gasteiger charge is 2.14. The summed E-state index contributed by atoms with van der Waals surface area (Å²) in [6.45, 7) is 0.369. The Hall–Kier alpha value is -2.04. The third-order valence-electron chi connectivity index (χ3n) is 2.28. The van der Waals surface area contributed by atoms with Gasteiger partial charge in [-0.25, -0.2) is 0 Å². The van der Waals surface area contributed by atoms with Crippen molar-refractivity contribution in [1.29, 1.82) is 0 Å². The Balaban J connectivity index is 2.29. The monoisotopic (exact) mass is 220 g/mol. The third-order valence-corrected chi connectivity index (χ3v) is 2.28. The van der Waals surface area contributed by atoms with E-state index in [-0.39, 0.29) is 12.3 Å². The number of hydrogen-bond acceptors (Lipinski definition) is 3. The largest absolute Gasteiger partial charge is 0.491 e. The van der Waals surface area contributed by atoms with Gasteiger partial charge in [0.1, 0.15) is 5.75 Å². The Bertz CT molecular complexity index is 443. The van der Waals surface area contributed by atoms with Gasteiger partial charge in [0.15, 0.2) is 0 Å². The molecule has 0 saturated heterocycles. The fourth-order valence-electron chi connectivity index (χ4n) is 1.58. The SMILES string of the molecule is NC(=O)Cc1ccc2c(c1)NC(=O)CCO2. The molecule has 0 bridgehead atoms. The minimum Gasteiger partial charge on any atom is -0.491 e. The zero-order valence-electron chi connectivity index (χ0n) is 8.66. The molecule has 2 rings (SSSR count). The van der Waals surface area contributed by atoms with Crippen LogP contribution in [0.25, 0.3) is 0 Å². The van der Waals surface area contributed by atoms with Gasteiger partial charge in [-0.3, -0.25) is 9.59 Å². The van der Waals surface area contributed by atoms with Crippen molar-refractivity contribution >= 4 is 17.5 Å². The number of carbonyl (C=O) groups excluding carboxylic acids is 2. The minimum absolute atomic E-state index is 0.0880.